The van der Waals surface area contributed by atoms with E-state index in [2.05, 4.69) is 25.6 Å². The van der Waals surface area contributed by atoms with Crippen molar-refractivity contribution in [1.82, 2.24) is 15.6 Å². The summed E-state index contributed by atoms with van der Waals surface area (Å²) in [5.41, 5.74) is 6.97. The minimum absolute atomic E-state index is 0.0212. The number of anilines is 1. The highest BCUT2D eigenvalue weighted by Crippen LogP contribution is 2.33. The lowest BCUT2D eigenvalue weighted by Gasteiger charge is -2.34. The molecule has 0 aliphatic rings. The first kappa shape index (κ1) is 33.2. The van der Waals surface area contributed by atoms with Crippen molar-refractivity contribution in [2.45, 2.75) is 45.8 Å². The van der Waals surface area contributed by atoms with Gasteiger partial charge in [0.25, 0.3) is 5.91 Å². The molecule has 230 valence electrons. The average Bonchev–Trinajstić information content (AvgIpc) is 3.48. The minimum atomic E-state index is -2.76. The molecule has 0 saturated carbocycles. The second-order valence-corrected chi connectivity index (χ2v) is 11.9. The molecule has 2 amide bonds. The second-order valence-electron chi connectivity index (χ2n) is 10.1. The second kappa shape index (κ2) is 15.2. The Bertz CT molecular complexity index is 1470. The molecule has 2 unspecified atom stereocenters. The Hall–Kier alpha value is -4.34. The Balaban J connectivity index is 1.81. The van der Waals surface area contributed by atoms with Gasteiger partial charge in [-0.3, -0.25) is 13.3 Å². The fraction of sp³-hybridized carbons (Fsp3) is 0.321. The first-order valence-corrected chi connectivity index (χ1v) is 15.0. The van der Waals surface area contributed by atoms with E-state index >= 15 is 0 Å². The van der Waals surface area contributed by atoms with Crippen molar-refractivity contribution < 1.29 is 32.7 Å². The maximum Gasteiger partial charge on any atom is 0.407 e. The monoisotopic (exact) mass is 629 g/mol. The van der Waals surface area contributed by atoms with Gasteiger partial charge in [-0.15, -0.1) is 11.3 Å². The molecule has 3 rings (SSSR count). The van der Waals surface area contributed by atoms with Crippen molar-refractivity contribution >= 4 is 52.1 Å². The molecule has 0 fully saturated rings. The van der Waals surface area contributed by atoms with Crippen LogP contribution in [0.15, 0.2) is 65.3 Å². The van der Waals surface area contributed by atoms with Gasteiger partial charge >= 0.3 is 12.1 Å². The van der Waals surface area contributed by atoms with E-state index in [1.54, 1.807) is 74.8 Å². The minimum Gasteiger partial charge on any atom is -0.755 e. The molecule has 13 nitrogen and oxygen atoms in total. The normalized spacial score (nSPS) is 13.0. The van der Waals surface area contributed by atoms with Gasteiger partial charge in [0.1, 0.15) is 10.6 Å². The number of nitrogens with two attached hydrogens (primary N) is 1. The van der Waals surface area contributed by atoms with E-state index in [0.717, 1.165) is 4.31 Å². The molecule has 2 atom stereocenters. The van der Waals surface area contributed by atoms with Crippen LogP contribution in [0.2, 0.25) is 0 Å². The van der Waals surface area contributed by atoms with E-state index in [1.807, 2.05) is 0 Å². The van der Waals surface area contributed by atoms with Crippen LogP contribution in [-0.2, 0) is 32.1 Å². The number of alkyl carbamates (subject to hydrolysis) is 1. The van der Waals surface area contributed by atoms with Gasteiger partial charge in [-0.05, 0) is 50.6 Å². The first-order valence-electron chi connectivity index (χ1n) is 13.1. The molecule has 1 aromatic heterocycles. The molecule has 4 N–H and O–H groups in total. The summed E-state index contributed by atoms with van der Waals surface area (Å²) >= 11 is -1.47. The molecule has 0 aliphatic carbocycles. The number of aromatic nitrogens is 1. The van der Waals surface area contributed by atoms with Crippen LogP contribution in [0.4, 0.5) is 10.5 Å². The zero-order valence-electron chi connectivity index (χ0n) is 24.1. The Morgan fingerprint density at radius 2 is 1.81 bits per heavy atom. The number of thiazole rings is 1. The largest absolute Gasteiger partial charge is 0.755 e. The molecule has 0 spiro atoms. The highest BCUT2D eigenvalue weighted by molar-refractivity contribution is 7.80. The number of oxime groups is 1. The van der Waals surface area contributed by atoms with E-state index in [0.29, 0.717) is 16.1 Å². The lowest BCUT2D eigenvalue weighted by Crippen LogP contribution is -2.38. The summed E-state index contributed by atoms with van der Waals surface area (Å²) in [7, 11) is 0. The third-order valence-electron chi connectivity index (χ3n) is 5.55. The number of rotatable bonds is 12. The number of carbonyl (C=O) groups is 3. The summed E-state index contributed by atoms with van der Waals surface area (Å²) in [5, 5.41) is 11.1. The lowest BCUT2D eigenvalue weighted by atomic mass is 10.0. The smallest absolute Gasteiger partial charge is 0.407 e. The topological polar surface area (TPSA) is 188 Å². The van der Waals surface area contributed by atoms with Gasteiger partial charge in [0.05, 0.1) is 6.04 Å². The number of amides is 2. The van der Waals surface area contributed by atoms with E-state index in [1.165, 1.54) is 24.3 Å². The van der Waals surface area contributed by atoms with Crippen LogP contribution in [0, 0.1) is 0 Å². The standard InChI is InChI=1S/C28H34N6O7S2/c1-18(35)41-33-24(29)20-8-5-7-19(15-20)16-23(26-31-13-14-42-26)34(43(38)39)22-10-6-9-21(17-22)25(36)30-11-12-32-27(37)40-28(2,3)4/h5-10,13-15,17,23H,11-12,16H2,1-4H3,(H2,29,33)(H,30,36)(H,32,37)(H,38,39)/p-1. The lowest BCUT2D eigenvalue weighted by molar-refractivity contribution is -0.140. The Kier molecular flexibility index (Phi) is 11.7. The maximum absolute atomic E-state index is 12.9. The van der Waals surface area contributed by atoms with Gasteiger partial charge in [-0.1, -0.05) is 29.4 Å². The number of ether oxygens (including phenoxy) is 1. The van der Waals surface area contributed by atoms with Crippen molar-refractivity contribution in [3.63, 3.8) is 0 Å². The first-order chi connectivity index (χ1) is 20.3. The summed E-state index contributed by atoms with van der Waals surface area (Å²) in [6.07, 6.45) is 1.17. The molecular weight excluding hydrogens is 596 g/mol. The van der Waals surface area contributed by atoms with Gasteiger partial charge in [0, 0.05) is 66.1 Å². The van der Waals surface area contributed by atoms with Crippen LogP contribution in [0.25, 0.3) is 0 Å². The highest BCUT2D eigenvalue weighted by Gasteiger charge is 2.26. The highest BCUT2D eigenvalue weighted by atomic mass is 32.2. The van der Waals surface area contributed by atoms with E-state index in [-0.39, 0.29) is 36.6 Å². The van der Waals surface area contributed by atoms with Crippen LogP contribution < -0.4 is 20.7 Å². The molecule has 0 bridgehead atoms. The Labute approximate surface area is 255 Å². The number of benzene rings is 2. The molecule has 0 aliphatic heterocycles. The number of hydrogen-bond acceptors (Lipinski definition) is 10. The van der Waals surface area contributed by atoms with Crippen molar-refractivity contribution in [2.75, 3.05) is 17.4 Å². The third-order valence-corrected chi connectivity index (χ3v) is 7.21. The zero-order chi connectivity index (χ0) is 31.6. The van der Waals surface area contributed by atoms with Gasteiger partial charge in [-0.25, -0.2) is 14.6 Å². The fourth-order valence-corrected chi connectivity index (χ4v) is 5.29. The maximum atomic E-state index is 12.9. The van der Waals surface area contributed by atoms with E-state index in [9.17, 15) is 23.1 Å². The summed E-state index contributed by atoms with van der Waals surface area (Å²) in [4.78, 5) is 44.8. The molecule has 15 heteroatoms. The van der Waals surface area contributed by atoms with Crippen LogP contribution in [-0.4, -0.2) is 56.2 Å². The SMILES string of the molecule is CC(=O)O/N=C(/N)c1cccc(CC(c2nccs2)N(c2cccc(C(=O)NCCNC(=O)OC(C)(C)C)c2)S(=O)[O-])c1. The van der Waals surface area contributed by atoms with Crippen LogP contribution >= 0.6 is 11.3 Å². The molecule has 0 saturated heterocycles. The molecule has 43 heavy (non-hydrogen) atoms. The van der Waals surface area contributed by atoms with E-state index < -0.39 is 40.9 Å². The van der Waals surface area contributed by atoms with Crippen LogP contribution in [0.1, 0.15) is 60.2 Å². The predicted molar refractivity (Wildman–Crippen MR) is 162 cm³/mol. The number of amidine groups is 1. The van der Waals surface area contributed by atoms with Gasteiger partial charge in [-0.2, -0.15) is 0 Å². The molecular formula is C28H33N6O7S2-. The van der Waals surface area contributed by atoms with Gasteiger partial charge in [0.2, 0.25) is 0 Å². The molecule has 3 aromatic rings. The van der Waals surface area contributed by atoms with Crippen molar-refractivity contribution in [2.24, 2.45) is 10.9 Å². The average molecular weight is 630 g/mol. The van der Waals surface area contributed by atoms with E-state index in [4.69, 9.17) is 10.5 Å². The quantitative estimate of drug-likeness (QED) is 0.0675. The zero-order valence-corrected chi connectivity index (χ0v) is 25.7. The fourth-order valence-electron chi connectivity index (χ4n) is 3.83. The number of nitrogens with one attached hydrogen (secondary N) is 2. The number of carbonyl (C=O) groups excluding carboxylic acids is 3. The number of nitrogens with zero attached hydrogens (tertiary/aromatic N) is 3. The summed E-state index contributed by atoms with van der Waals surface area (Å²) < 4.78 is 31.7. The van der Waals surface area contributed by atoms with Crippen molar-refractivity contribution in [3.05, 3.63) is 81.8 Å². The summed E-state index contributed by atoms with van der Waals surface area (Å²) in [5.74, 6) is -1.09. The molecule has 2 aromatic carbocycles. The van der Waals surface area contributed by atoms with Crippen LogP contribution in [0.5, 0.6) is 0 Å². The molecule has 1 heterocycles. The van der Waals surface area contributed by atoms with Crippen molar-refractivity contribution in [1.29, 1.82) is 0 Å². The number of hydrogen-bond donors (Lipinski definition) is 3. The summed E-state index contributed by atoms with van der Waals surface area (Å²) in [6, 6.07) is 12.3. The summed E-state index contributed by atoms with van der Waals surface area (Å²) in [6.45, 7) is 6.70. The third kappa shape index (κ3) is 10.5. The van der Waals surface area contributed by atoms with Crippen LogP contribution in [0.3, 0.4) is 0 Å². The Morgan fingerprint density at radius 3 is 2.47 bits per heavy atom. The Morgan fingerprint density at radius 1 is 1.12 bits per heavy atom. The molecule has 0 radical (unpaired) electrons. The predicted octanol–water partition coefficient (Wildman–Crippen LogP) is 3.17. The van der Waals surface area contributed by atoms with Gasteiger partial charge in [0.15, 0.2) is 5.84 Å². The van der Waals surface area contributed by atoms with Crippen molar-refractivity contribution in [3.8, 4) is 0 Å². The van der Waals surface area contributed by atoms with Gasteiger partial charge < -0.3 is 30.5 Å².